The molecule has 92 valence electrons. The van der Waals surface area contributed by atoms with Crippen LogP contribution in [-0.2, 0) is 0 Å². The van der Waals surface area contributed by atoms with Gasteiger partial charge in [0.25, 0.3) is 0 Å². The summed E-state index contributed by atoms with van der Waals surface area (Å²) in [6, 6.07) is 3.82. The Morgan fingerprint density at radius 2 is 1.72 bits per heavy atom. The van der Waals surface area contributed by atoms with E-state index >= 15 is 0 Å². The highest BCUT2D eigenvalue weighted by Crippen LogP contribution is 2.27. The van der Waals surface area contributed by atoms with E-state index in [0.29, 0.717) is 17.6 Å². The first kappa shape index (κ1) is 12.5. The fraction of sp³-hybridized carbons (Fsp3) is 0.154. The molecule has 0 atom stereocenters. The molecule has 18 heavy (non-hydrogen) atoms. The van der Waals surface area contributed by atoms with E-state index in [4.69, 9.17) is 16.3 Å². The molecule has 0 radical (unpaired) electrons. The molecule has 0 aliphatic carbocycles. The van der Waals surface area contributed by atoms with Crippen LogP contribution in [0.2, 0.25) is 5.02 Å². The summed E-state index contributed by atoms with van der Waals surface area (Å²) in [6.45, 7) is 3.80. The third kappa shape index (κ3) is 2.65. The summed E-state index contributed by atoms with van der Waals surface area (Å²) in [4.78, 5) is 18.3. The lowest BCUT2D eigenvalue weighted by atomic mass is 10.1. The minimum Gasteiger partial charge on any atom is -0.424 e. The molecule has 2 aromatic rings. The van der Waals surface area contributed by atoms with Gasteiger partial charge in [0.05, 0.1) is 5.56 Å². The molecular formula is C13H11ClN2O2. The van der Waals surface area contributed by atoms with Crippen LogP contribution >= 0.6 is 11.6 Å². The van der Waals surface area contributed by atoms with Crippen LogP contribution in [0.1, 0.15) is 21.5 Å². The van der Waals surface area contributed by atoms with Crippen LogP contribution in [0.5, 0.6) is 11.8 Å². The highest BCUT2D eigenvalue weighted by atomic mass is 35.5. The Morgan fingerprint density at radius 1 is 1.17 bits per heavy atom. The molecular weight excluding hydrogens is 252 g/mol. The summed E-state index contributed by atoms with van der Waals surface area (Å²) in [6.07, 6.45) is 3.50. The SMILES string of the molecule is Cc1cc(Oc2ncc(C=O)cn2)cc(C)c1Cl. The number of carbonyl (C=O) groups excluding carboxylic acids is 1. The number of carbonyl (C=O) groups is 1. The number of rotatable bonds is 3. The molecule has 4 nitrogen and oxygen atoms in total. The van der Waals surface area contributed by atoms with E-state index in [-0.39, 0.29) is 6.01 Å². The van der Waals surface area contributed by atoms with Gasteiger partial charge >= 0.3 is 6.01 Å². The maximum Gasteiger partial charge on any atom is 0.321 e. The van der Waals surface area contributed by atoms with Gasteiger partial charge in [-0.2, -0.15) is 0 Å². The minimum absolute atomic E-state index is 0.196. The van der Waals surface area contributed by atoms with Gasteiger partial charge in [-0.3, -0.25) is 4.79 Å². The van der Waals surface area contributed by atoms with Crippen molar-refractivity contribution in [3.8, 4) is 11.8 Å². The van der Waals surface area contributed by atoms with Crippen LogP contribution in [0.4, 0.5) is 0 Å². The number of hydrogen-bond acceptors (Lipinski definition) is 4. The number of halogens is 1. The summed E-state index contributed by atoms with van der Waals surface area (Å²) in [5, 5.41) is 0.722. The Labute approximate surface area is 110 Å². The first-order valence-corrected chi connectivity index (χ1v) is 5.70. The predicted molar refractivity (Wildman–Crippen MR) is 68.4 cm³/mol. The van der Waals surface area contributed by atoms with Gasteiger partial charge in [-0.1, -0.05) is 11.6 Å². The maximum absolute atomic E-state index is 10.5. The van der Waals surface area contributed by atoms with E-state index in [1.165, 1.54) is 12.4 Å². The number of aldehydes is 1. The molecule has 0 aliphatic heterocycles. The highest BCUT2D eigenvalue weighted by Gasteiger charge is 2.06. The largest absolute Gasteiger partial charge is 0.424 e. The number of hydrogen-bond donors (Lipinski definition) is 0. The van der Waals surface area contributed by atoms with Gasteiger partial charge in [-0.15, -0.1) is 0 Å². The third-order valence-corrected chi connectivity index (χ3v) is 3.00. The van der Waals surface area contributed by atoms with E-state index in [0.717, 1.165) is 16.1 Å². The fourth-order valence-corrected chi connectivity index (χ4v) is 1.62. The normalized spacial score (nSPS) is 10.2. The Balaban J connectivity index is 2.25. The molecule has 2 rings (SSSR count). The van der Waals surface area contributed by atoms with Gasteiger partial charge in [0.15, 0.2) is 6.29 Å². The molecule has 5 heteroatoms. The topological polar surface area (TPSA) is 52.1 Å². The van der Waals surface area contributed by atoms with Crippen molar-refractivity contribution < 1.29 is 9.53 Å². The van der Waals surface area contributed by atoms with Crippen molar-refractivity contribution in [2.75, 3.05) is 0 Å². The van der Waals surface area contributed by atoms with Gasteiger partial charge in [-0.05, 0) is 37.1 Å². The van der Waals surface area contributed by atoms with Crippen molar-refractivity contribution in [1.82, 2.24) is 9.97 Å². The van der Waals surface area contributed by atoms with Crippen LogP contribution < -0.4 is 4.74 Å². The van der Waals surface area contributed by atoms with Crippen LogP contribution in [0, 0.1) is 13.8 Å². The Morgan fingerprint density at radius 3 is 2.22 bits per heavy atom. The molecule has 1 aromatic heterocycles. The van der Waals surface area contributed by atoms with Gasteiger partial charge in [-0.25, -0.2) is 9.97 Å². The number of aromatic nitrogens is 2. The number of benzene rings is 1. The van der Waals surface area contributed by atoms with Crippen LogP contribution in [0.3, 0.4) is 0 Å². The second-order valence-corrected chi connectivity index (χ2v) is 4.27. The summed E-state index contributed by atoms with van der Waals surface area (Å²) in [5.41, 5.74) is 2.26. The maximum atomic E-state index is 10.5. The molecule has 0 bridgehead atoms. The van der Waals surface area contributed by atoms with Crippen molar-refractivity contribution in [3.63, 3.8) is 0 Å². The number of ether oxygens (including phenoxy) is 1. The highest BCUT2D eigenvalue weighted by molar-refractivity contribution is 6.32. The minimum atomic E-state index is 0.196. The second-order valence-electron chi connectivity index (χ2n) is 3.89. The van der Waals surface area contributed by atoms with Gasteiger partial charge in [0, 0.05) is 17.4 Å². The molecule has 0 fully saturated rings. The Bertz CT molecular complexity index is 559. The van der Waals surface area contributed by atoms with Crippen LogP contribution in [-0.4, -0.2) is 16.3 Å². The van der Waals surface area contributed by atoms with Crippen molar-refractivity contribution in [2.24, 2.45) is 0 Å². The monoisotopic (exact) mass is 262 g/mol. The van der Waals surface area contributed by atoms with E-state index in [9.17, 15) is 4.79 Å². The smallest absolute Gasteiger partial charge is 0.321 e. The predicted octanol–water partition coefficient (Wildman–Crippen LogP) is 3.35. The van der Waals surface area contributed by atoms with Crippen molar-refractivity contribution in [3.05, 3.63) is 46.2 Å². The lowest BCUT2D eigenvalue weighted by molar-refractivity contribution is 0.112. The van der Waals surface area contributed by atoms with E-state index in [1.54, 1.807) is 0 Å². The average molecular weight is 263 g/mol. The zero-order valence-corrected chi connectivity index (χ0v) is 10.7. The first-order chi connectivity index (χ1) is 8.60. The lowest BCUT2D eigenvalue weighted by Crippen LogP contribution is -1.94. The van der Waals surface area contributed by atoms with E-state index in [1.807, 2.05) is 26.0 Å². The molecule has 1 aromatic carbocycles. The summed E-state index contributed by atoms with van der Waals surface area (Å²) in [5.74, 6) is 0.619. The molecule has 0 spiro atoms. The molecule has 0 saturated heterocycles. The fourth-order valence-electron chi connectivity index (χ4n) is 1.51. The molecule has 1 heterocycles. The van der Waals surface area contributed by atoms with E-state index in [2.05, 4.69) is 9.97 Å². The summed E-state index contributed by atoms with van der Waals surface area (Å²) in [7, 11) is 0. The molecule has 0 aliphatic rings. The second kappa shape index (κ2) is 5.14. The standard InChI is InChI=1S/C13H11ClN2O2/c1-8-3-11(4-9(2)12(8)14)18-13-15-5-10(7-17)6-16-13/h3-7H,1-2H3. The van der Waals surface area contributed by atoms with Crippen molar-refractivity contribution in [2.45, 2.75) is 13.8 Å². The van der Waals surface area contributed by atoms with Crippen LogP contribution in [0.15, 0.2) is 24.5 Å². The van der Waals surface area contributed by atoms with Gasteiger partial charge in [0.2, 0.25) is 0 Å². The summed E-state index contributed by atoms with van der Waals surface area (Å²) < 4.78 is 5.50. The average Bonchev–Trinajstić information content (AvgIpc) is 2.37. The van der Waals surface area contributed by atoms with Crippen molar-refractivity contribution in [1.29, 1.82) is 0 Å². The summed E-state index contributed by atoms with van der Waals surface area (Å²) >= 11 is 6.07. The Kier molecular flexibility index (Phi) is 3.58. The molecule has 0 unspecified atom stereocenters. The number of aryl methyl sites for hydroxylation is 2. The van der Waals surface area contributed by atoms with Crippen molar-refractivity contribution >= 4 is 17.9 Å². The lowest BCUT2D eigenvalue weighted by Gasteiger charge is -2.08. The third-order valence-electron chi connectivity index (χ3n) is 2.40. The van der Waals surface area contributed by atoms with Crippen LogP contribution in [0.25, 0.3) is 0 Å². The van der Waals surface area contributed by atoms with Gasteiger partial charge < -0.3 is 4.74 Å². The zero-order chi connectivity index (χ0) is 13.1. The quantitative estimate of drug-likeness (QED) is 0.796. The molecule has 0 saturated carbocycles. The number of nitrogens with zero attached hydrogens (tertiary/aromatic N) is 2. The first-order valence-electron chi connectivity index (χ1n) is 5.32. The van der Waals surface area contributed by atoms with Gasteiger partial charge in [0.1, 0.15) is 5.75 Å². The Hall–Kier alpha value is -1.94. The zero-order valence-electron chi connectivity index (χ0n) is 9.98. The molecule has 0 amide bonds. The molecule has 0 N–H and O–H groups in total. The van der Waals surface area contributed by atoms with E-state index < -0.39 is 0 Å².